The van der Waals surface area contributed by atoms with Gasteiger partial charge in [-0.25, -0.2) is 0 Å². The summed E-state index contributed by atoms with van der Waals surface area (Å²) in [6.07, 6.45) is 17.2. The van der Waals surface area contributed by atoms with Crippen molar-refractivity contribution in [3.8, 4) is 0 Å². The third-order valence-corrected chi connectivity index (χ3v) is 3.30. The molecule has 1 radical (unpaired) electrons. The van der Waals surface area contributed by atoms with Crippen molar-refractivity contribution in [3.05, 3.63) is 6.92 Å². The van der Waals surface area contributed by atoms with Gasteiger partial charge in [0.25, 0.3) is 0 Å². The van der Waals surface area contributed by atoms with Crippen molar-refractivity contribution >= 4 is 0 Å². The minimum absolute atomic E-state index is 0.651. The van der Waals surface area contributed by atoms with E-state index >= 15 is 0 Å². The molecule has 97 valence electrons. The lowest BCUT2D eigenvalue weighted by Gasteiger charge is -2.04. The molecule has 0 aromatic carbocycles. The Bertz CT molecular complexity index is 115. The van der Waals surface area contributed by atoms with Crippen LogP contribution in [0.15, 0.2) is 0 Å². The fourth-order valence-electron chi connectivity index (χ4n) is 2.16. The highest BCUT2D eigenvalue weighted by Crippen LogP contribution is 2.13. The highest BCUT2D eigenvalue weighted by molar-refractivity contribution is 4.54. The number of hydrogen-bond acceptors (Lipinski definition) is 0. The molecular formula is C16H33. The zero-order valence-corrected chi connectivity index (χ0v) is 11.8. The Kier molecular flexibility index (Phi) is 13.1. The van der Waals surface area contributed by atoms with Crippen LogP contribution in [0.1, 0.15) is 90.9 Å². The molecule has 0 aromatic heterocycles. The molecule has 0 rings (SSSR count). The van der Waals surface area contributed by atoms with Crippen molar-refractivity contribution in [2.75, 3.05) is 0 Å². The van der Waals surface area contributed by atoms with Gasteiger partial charge in [-0.15, -0.1) is 0 Å². The molecule has 0 N–H and O–H groups in total. The largest absolute Gasteiger partial charge is 0.0654 e. The summed E-state index contributed by atoms with van der Waals surface area (Å²) in [6.45, 7) is 8.52. The van der Waals surface area contributed by atoms with Crippen molar-refractivity contribution in [1.82, 2.24) is 0 Å². The van der Waals surface area contributed by atoms with Crippen LogP contribution in [0, 0.1) is 12.8 Å². The SMILES string of the molecule is [CH2]C(C)CCCCCCCCCCCCC. The van der Waals surface area contributed by atoms with E-state index in [9.17, 15) is 0 Å². The van der Waals surface area contributed by atoms with Gasteiger partial charge in [0.1, 0.15) is 0 Å². The van der Waals surface area contributed by atoms with Crippen molar-refractivity contribution in [3.63, 3.8) is 0 Å². The minimum atomic E-state index is 0.651. The van der Waals surface area contributed by atoms with Crippen molar-refractivity contribution in [2.45, 2.75) is 90.9 Å². The second kappa shape index (κ2) is 13.1. The van der Waals surface area contributed by atoms with E-state index in [4.69, 9.17) is 0 Å². The van der Waals surface area contributed by atoms with Crippen LogP contribution < -0.4 is 0 Å². The summed E-state index contributed by atoms with van der Waals surface area (Å²) in [4.78, 5) is 0. The van der Waals surface area contributed by atoms with Gasteiger partial charge in [-0.05, 0) is 5.92 Å². The van der Waals surface area contributed by atoms with E-state index < -0.39 is 0 Å². The van der Waals surface area contributed by atoms with E-state index in [1.165, 1.54) is 77.0 Å². The summed E-state index contributed by atoms with van der Waals surface area (Å²) in [5, 5.41) is 0. The van der Waals surface area contributed by atoms with Gasteiger partial charge in [-0.1, -0.05) is 97.8 Å². The Balaban J connectivity index is 2.88. The van der Waals surface area contributed by atoms with Gasteiger partial charge in [-0.3, -0.25) is 0 Å². The third kappa shape index (κ3) is 14.0. The van der Waals surface area contributed by atoms with Gasteiger partial charge in [0.15, 0.2) is 0 Å². The van der Waals surface area contributed by atoms with E-state index in [0.29, 0.717) is 5.92 Å². The molecule has 0 heteroatoms. The molecule has 0 fully saturated rings. The number of hydrogen-bond donors (Lipinski definition) is 0. The molecule has 16 heavy (non-hydrogen) atoms. The zero-order chi connectivity index (χ0) is 12.1. The second-order valence-electron chi connectivity index (χ2n) is 5.43. The monoisotopic (exact) mass is 225 g/mol. The third-order valence-electron chi connectivity index (χ3n) is 3.30. The predicted octanol–water partition coefficient (Wildman–Crippen LogP) is 6.16. The molecule has 0 heterocycles. The molecule has 0 aliphatic rings. The summed E-state index contributed by atoms with van der Waals surface area (Å²) in [5.41, 5.74) is 0. The molecule has 0 spiro atoms. The molecule has 1 unspecified atom stereocenters. The van der Waals surface area contributed by atoms with Crippen molar-refractivity contribution < 1.29 is 0 Å². The van der Waals surface area contributed by atoms with E-state index in [-0.39, 0.29) is 0 Å². The van der Waals surface area contributed by atoms with Gasteiger partial charge >= 0.3 is 0 Å². The Labute approximate surface area is 104 Å². The Morgan fingerprint density at radius 1 is 0.688 bits per heavy atom. The molecule has 1 atom stereocenters. The summed E-state index contributed by atoms with van der Waals surface area (Å²) < 4.78 is 0. The maximum atomic E-state index is 4.02. The highest BCUT2D eigenvalue weighted by Gasteiger charge is 1.95. The van der Waals surface area contributed by atoms with E-state index in [1.807, 2.05) is 0 Å². The van der Waals surface area contributed by atoms with Crippen LogP contribution in [0.3, 0.4) is 0 Å². The van der Waals surface area contributed by atoms with Gasteiger partial charge in [0, 0.05) is 0 Å². The van der Waals surface area contributed by atoms with Crippen LogP contribution >= 0.6 is 0 Å². The van der Waals surface area contributed by atoms with E-state index in [2.05, 4.69) is 20.8 Å². The Hall–Kier alpha value is 0. The van der Waals surface area contributed by atoms with Crippen LogP contribution in [-0.4, -0.2) is 0 Å². The summed E-state index contributed by atoms with van der Waals surface area (Å²) in [5.74, 6) is 0.651. The molecule has 0 nitrogen and oxygen atoms in total. The molecule has 0 aromatic rings. The van der Waals surface area contributed by atoms with Gasteiger partial charge in [-0.2, -0.15) is 0 Å². The van der Waals surface area contributed by atoms with Crippen molar-refractivity contribution in [1.29, 1.82) is 0 Å². The lowest BCUT2D eigenvalue weighted by atomic mass is 10.0. The molecular weight excluding hydrogens is 192 g/mol. The van der Waals surface area contributed by atoms with Gasteiger partial charge < -0.3 is 0 Å². The first-order chi connectivity index (χ1) is 7.77. The maximum absolute atomic E-state index is 4.02. The van der Waals surface area contributed by atoms with Crippen LogP contribution in [0.5, 0.6) is 0 Å². The summed E-state index contributed by atoms with van der Waals surface area (Å²) in [7, 11) is 0. The predicted molar refractivity (Wildman–Crippen MR) is 75.6 cm³/mol. The fourth-order valence-corrected chi connectivity index (χ4v) is 2.16. The van der Waals surface area contributed by atoms with Crippen LogP contribution in [0.2, 0.25) is 0 Å². The Morgan fingerprint density at radius 2 is 1.06 bits per heavy atom. The van der Waals surface area contributed by atoms with Crippen LogP contribution in [0.4, 0.5) is 0 Å². The Morgan fingerprint density at radius 3 is 1.44 bits per heavy atom. The molecule has 0 amide bonds. The number of unbranched alkanes of at least 4 members (excludes halogenated alkanes) is 10. The van der Waals surface area contributed by atoms with Gasteiger partial charge in [0.2, 0.25) is 0 Å². The van der Waals surface area contributed by atoms with Crippen LogP contribution in [0.25, 0.3) is 0 Å². The topological polar surface area (TPSA) is 0 Å². The smallest absolute Gasteiger partial charge is 0.0443 e. The first-order valence-electron chi connectivity index (χ1n) is 7.60. The first-order valence-corrected chi connectivity index (χ1v) is 7.60. The average Bonchev–Trinajstić information content (AvgIpc) is 2.25. The minimum Gasteiger partial charge on any atom is -0.0654 e. The average molecular weight is 225 g/mol. The summed E-state index contributed by atoms with van der Waals surface area (Å²) >= 11 is 0. The van der Waals surface area contributed by atoms with E-state index in [1.54, 1.807) is 0 Å². The molecule has 0 aliphatic heterocycles. The zero-order valence-electron chi connectivity index (χ0n) is 11.8. The molecule has 0 aliphatic carbocycles. The normalized spacial score (nSPS) is 11.2. The maximum Gasteiger partial charge on any atom is -0.0443 e. The quantitative estimate of drug-likeness (QED) is 0.349. The fraction of sp³-hybridized carbons (Fsp3) is 0.938. The van der Waals surface area contributed by atoms with Crippen molar-refractivity contribution in [2.24, 2.45) is 5.92 Å². The molecule has 0 saturated carbocycles. The summed E-state index contributed by atoms with van der Waals surface area (Å²) in [6, 6.07) is 0. The first kappa shape index (κ1) is 16.0. The lowest BCUT2D eigenvalue weighted by Crippen LogP contribution is -1.87. The van der Waals surface area contributed by atoms with Gasteiger partial charge in [0.05, 0.1) is 0 Å². The number of rotatable bonds is 12. The highest BCUT2D eigenvalue weighted by atomic mass is 14.0. The van der Waals surface area contributed by atoms with Crippen LogP contribution in [-0.2, 0) is 0 Å². The standard InChI is InChI=1S/C16H33/c1-4-5-6-7-8-9-10-11-12-13-14-15-16(2)3/h16H,2,4-15H2,1,3H3. The molecule has 0 saturated heterocycles. The van der Waals surface area contributed by atoms with E-state index in [0.717, 1.165) is 0 Å². The molecule has 0 bridgehead atoms. The second-order valence-corrected chi connectivity index (χ2v) is 5.43. The lowest BCUT2D eigenvalue weighted by molar-refractivity contribution is 0.523.